The molecule has 0 radical (unpaired) electrons. The lowest BCUT2D eigenvalue weighted by atomic mass is 10.3. The molecule has 6 nitrogen and oxygen atoms in total. The van der Waals surface area contributed by atoms with E-state index in [1.54, 1.807) is 13.0 Å². The van der Waals surface area contributed by atoms with E-state index in [0.29, 0.717) is 11.4 Å². The lowest BCUT2D eigenvalue weighted by Gasteiger charge is -1.94. The maximum absolute atomic E-state index is 11.9. The van der Waals surface area contributed by atoms with Crippen molar-refractivity contribution in [1.29, 1.82) is 0 Å². The number of rotatable bonds is 2. The molecule has 98 valence electrons. The summed E-state index contributed by atoms with van der Waals surface area (Å²) in [6.07, 6.45) is 0. The van der Waals surface area contributed by atoms with E-state index in [1.165, 1.54) is 0 Å². The van der Waals surface area contributed by atoms with Crippen LogP contribution in [-0.4, -0.2) is 14.9 Å². The third-order valence-electron chi connectivity index (χ3n) is 2.37. The normalized spacial score (nSPS) is 11.1. The van der Waals surface area contributed by atoms with Gasteiger partial charge in [-0.05, 0) is 47.2 Å². The number of nitrogens with one attached hydrogen (secondary N) is 1. The van der Waals surface area contributed by atoms with Crippen molar-refractivity contribution >= 4 is 44.6 Å². The summed E-state index contributed by atoms with van der Waals surface area (Å²) in [7, 11) is 0. The van der Waals surface area contributed by atoms with E-state index in [4.69, 9.17) is 18.0 Å². The molecule has 0 amide bonds. The van der Waals surface area contributed by atoms with Gasteiger partial charge in [-0.15, -0.1) is 10.2 Å². The Bertz CT molecular complexity index is 718. The maximum atomic E-state index is 11.9. The summed E-state index contributed by atoms with van der Waals surface area (Å²) in [6.45, 7) is 1.70. The Kier molecular flexibility index (Phi) is 3.91. The smallest absolute Gasteiger partial charge is 0.301 e. The first-order valence-corrected chi connectivity index (χ1v) is 6.48. The summed E-state index contributed by atoms with van der Waals surface area (Å²) < 4.78 is 1.85. The summed E-state index contributed by atoms with van der Waals surface area (Å²) in [4.78, 5) is 11.9. The molecular formula is C11H10BrN5OS. The molecule has 0 saturated heterocycles. The van der Waals surface area contributed by atoms with Crippen molar-refractivity contribution in [3.8, 4) is 0 Å². The van der Waals surface area contributed by atoms with Gasteiger partial charge in [0.05, 0.1) is 11.4 Å². The predicted molar refractivity (Wildman–Crippen MR) is 80.3 cm³/mol. The number of hydrogen-bond acceptors (Lipinski definition) is 4. The van der Waals surface area contributed by atoms with Crippen LogP contribution in [0.15, 0.2) is 43.8 Å². The first-order valence-electron chi connectivity index (χ1n) is 5.28. The van der Waals surface area contributed by atoms with Crippen LogP contribution in [0.5, 0.6) is 0 Å². The number of thiocarbonyl (C=S) groups is 1. The zero-order valence-electron chi connectivity index (χ0n) is 9.92. The van der Waals surface area contributed by atoms with Gasteiger partial charge in [0.25, 0.3) is 0 Å². The van der Waals surface area contributed by atoms with E-state index in [2.05, 4.69) is 31.3 Å². The Balaban J connectivity index is 2.43. The number of aromatic nitrogens is 2. The minimum absolute atomic E-state index is 0.0598. The van der Waals surface area contributed by atoms with Crippen LogP contribution in [0.4, 0.5) is 11.4 Å². The van der Waals surface area contributed by atoms with Gasteiger partial charge in [-0.3, -0.25) is 9.89 Å². The highest BCUT2D eigenvalue weighted by Gasteiger charge is 2.12. The number of aryl methyl sites for hydroxylation is 1. The van der Waals surface area contributed by atoms with Crippen LogP contribution >= 0.6 is 28.1 Å². The van der Waals surface area contributed by atoms with Gasteiger partial charge in [-0.1, -0.05) is 12.1 Å². The Labute approximate surface area is 122 Å². The van der Waals surface area contributed by atoms with Crippen LogP contribution in [0, 0.1) is 6.92 Å². The van der Waals surface area contributed by atoms with E-state index in [-0.39, 0.29) is 10.8 Å². The molecule has 0 saturated carbocycles. The molecule has 0 aliphatic rings. The summed E-state index contributed by atoms with van der Waals surface area (Å²) >= 11 is 8.10. The topological polar surface area (TPSA) is 88.5 Å². The van der Waals surface area contributed by atoms with Crippen LogP contribution in [0.2, 0.25) is 0 Å². The molecule has 0 aliphatic carbocycles. The molecule has 0 fully saturated rings. The van der Waals surface area contributed by atoms with Crippen LogP contribution in [0.25, 0.3) is 0 Å². The van der Waals surface area contributed by atoms with Crippen molar-refractivity contribution < 1.29 is 0 Å². The third kappa shape index (κ3) is 2.79. The molecule has 3 N–H and O–H groups in total. The van der Waals surface area contributed by atoms with E-state index < -0.39 is 5.56 Å². The second-order valence-corrected chi connectivity index (χ2v) is 4.99. The number of nitrogens with two attached hydrogens (primary N) is 1. The first-order chi connectivity index (χ1) is 9.00. The van der Waals surface area contributed by atoms with Crippen molar-refractivity contribution in [2.24, 2.45) is 16.0 Å². The Morgan fingerprint density at radius 1 is 1.42 bits per heavy atom. The van der Waals surface area contributed by atoms with Crippen LogP contribution in [0.3, 0.4) is 0 Å². The Hall–Kier alpha value is -1.80. The van der Waals surface area contributed by atoms with E-state index in [0.717, 1.165) is 9.15 Å². The molecule has 1 aromatic heterocycles. The summed E-state index contributed by atoms with van der Waals surface area (Å²) in [6, 6.07) is 7.31. The number of nitrogens with zero attached hydrogens (tertiary/aromatic N) is 3. The number of hydrogen-bond donors (Lipinski definition) is 2. The first kappa shape index (κ1) is 13.6. The average molecular weight is 340 g/mol. The molecule has 0 aliphatic heterocycles. The van der Waals surface area contributed by atoms with Gasteiger partial charge in [-0.2, -0.15) is 4.68 Å². The van der Waals surface area contributed by atoms with Crippen LogP contribution in [-0.2, 0) is 0 Å². The van der Waals surface area contributed by atoms with E-state index >= 15 is 0 Å². The fraction of sp³-hybridized carbons (Fsp3) is 0.0909. The largest absolute Gasteiger partial charge is 0.374 e. The molecule has 1 heterocycles. The molecule has 0 atom stereocenters. The van der Waals surface area contributed by atoms with Gasteiger partial charge in [0.15, 0.2) is 10.8 Å². The van der Waals surface area contributed by atoms with Crippen molar-refractivity contribution in [3.05, 3.63) is 44.8 Å². The SMILES string of the molecule is Cc1[nH]n(C(N)=S)c(=O)c1N=Nc1ccccc1Br. The lowest BCUT2D eigenvalue weighted by molar-refractivity contribution is 0.889. The molecular weight excluding hydrogens is 330 g/mol. The molecule has 8 heteroatoms. The number of azo groups is 1. The summed E-state index contributed by atoms with van der Waals surface area (Å²) in [5, 5.41) is 10.7. The zero-order valence-corrected chi connectivity index (χ0v) is 12.3. The van der Waals surface area contributed by atoms with E-state index in [9.17, 15) is 4.79 Å². The molecule has 0 bridgehead atoms. The lowest BCUT2D eigenvalue weighted by Crippen LogP contribution is -2.29. The number of aromatic amines is 1. The third-order valence-corrected chi connectivity index (χ3v) is 3.22. The fourth-order valence-corrected chi connectivity index (χ4v) is 1.94. The molecule has 0 unspecified atom stereocenters. The maximum Gasteiger partial charge on any atom is 0.301 e. The fourth-order valence-electron chi connectivity index (χ4n) is 1.45. The zero-order chi connectivity index (χ0) is 14.0. The van der Waals surface area contributed by atoms with Crippen molar-refractivity contribution in [1.82, 2.24) is 9.78 Å². The van der Waals surface area contributed by atoms with Gasteiger partial charge >= 0.3 is 5.56 Å². The Morgan fingerprint density at radius 2 is 2.11 bits per heavy atom. The van der Waals surface area contributed by atoms with Gasteiger partial charge in [-0.25, -0.2) is 0 Å². The average Bonchev–Trinajstić information content (AvgIpc) is 2.65. The minimum atomic E-state index is -0.416. The van der Waals surface area contributed by atoms with Gasteiger partial charge in [0.1, 0.15) is 0 Å². The number of benzene rings is 1. The van der Waals surface area contributed by atoms with Crippen LogP contribution in [0.1, 0.15) is 5.69 Å². The van der Waals surface area contributed by atoms with Gasteiger partial charge in [0.2, 0.25) is 0 Å². The van der Waals surface area contributed by atoms with E-state index in [1.807, 2.05) is 18.2 Å². The molecule has 2 aromatic rings. The molecule has 2 rings (SSSR count). The molecule has 1 aromatic carbocycles. The number of H-pyrrole nitrogens is 1. The van der Waals surface area contributed by atoms with Crippen molar-refractivity contribution in [2.75, 3.05) is 0 Å². The second-order valence-electron chi connectivity index (χ2n) is 3.72. The van der Waals surface area contributed by atoms with Crippen molar-refractivity contribution in [3.63, 3.8) is 0 Å². The second kappa shape index (κ2) is 5.45. The van der Waals surface area contributed by atoms with Crippen LogP contribution < -0.4 is 11.3 Å². The summed E-state index contributed by atoms with van der Waals surface area (Å²) in [5.74, 6) is 0. The predicted octanol–water partition coefficient (Wildman–Crippen LogP) is 2.75. The Morgan fingerprint density at radius 3 is 2.68 bits per heavy atom. The highest BCUT2D eigenvalue weighted by Crippen LogP contribution is 2.26. The molecule has 19 heavy (non-hydrogen) atoms. The highest BCUT2D eigenvalue weighted by atomic mass is 79.9. The van der Waals surface area contributed by atoms with Crippen molar-refractivity contribution in [2.45, 2.75) is 6.92 Å². The monoisotopic (exact) mass is 339 g/mol. The molecule has 0 spiro atoms. The minimum Gasteiger partial charge on any atom is -0.374 e. The van der Waals surface area contributed by atoms with Gasteiger partial charge < -0.3 is 5.73 Å². The van der Waals surface area contributed by atoms with Gasteiger partial charge in [0, 0.05) is 4.47 Å². The number of halogens is 1. The standard InChI is InChI=1S/C11H10BrN5OS/c1-6-9(10(18)17(16-6)11(13)19)15-14-8-5-3-2-4-7(8)12/h2-5,16H,1H3,(H2,13,19). The highest BCUT2D eigenvalue weighted by molar-refractivity contribution is 9.10. The summed E-state index contributed by atoms with van der Waals surface area (Å²) in [5.41, 5.74) is 6.36. The quantitative estimate of drug-likeness (QED) is 0.651.